The molecule has 2 aliphatic rings. The van der Waals surface area contributed by atoms with Crippen LogP contribution in [0.3, 0.4) is 0 Å². The molecule has 1 aromatic carbocycles. The van der Waals surface area contributed by atoms with Crippen molar-refractivity contribution in [2.45, 2.75) is 32.3 Å². The van der Waals surface area contributed by atoms with E-state index in [1.165, 1.54) is 0 Å². The quantitative estimate of drug-likeness (QED) is 0.560. The van der Waals surface area contributed by atoms with Crippen molar-refractivity contribution in [3.8, 4) is 5.75 Å². The highest BCUT2D eigenvalue weighted by molar-refractivity contribution is 5.84. The highest BCUT2D eigenvalue weighted by atomic mass is 16.5. The number of aromatic nitrogens is 2. The lowest BCUT2D eigenvalue weighted by atomic mass is 10.0. The van der Waals surface area contributed by atoms with Gasteiger partial charge in [0.2, 0.25) is 5.91 Å². The topological polar surface area (TPSA) is 96.6 Å². The van der Waals surface area contributed by atoms with E-state index >= 15 is 0 Å². The summed E-state index contributed by atoms with van der Waals surface area (Å²) < 4.78 is 6.10. The third kappa shape index (κ3) is 4.23. The SMILES string of the molecule is C=C(c1cc(N2CCN(C(C)=O)CC2)ncn1)c1cc(OC2(C)CC2)ccc1NN. The van der Waals surface area contributed by atoms with Gasteiger partial charge in [-0.3, -0.25) is 10.6 Å². The zero-order valence-corrected chi connectivity index (χ0v) is 17.5. The second kappa shape index (κ2) is 7.95. The van der Waals surface area contributed by atoms with Crippen LogP contribution in [0.2, 0.25) is 0 Å². The van der Waals surface area contributed by atoms with Gasteiger partial charge in [-0.1, -0.05) is 6.58 Å². The number of hydrazine groups is 1. The smallest absolute Gasteiger partial charge is 0.219 e. The molecule has 158 valence electrons. The normalized spacial score (nSPS) is 17.4. The predicted molar refractivity (Wildman–Crippen MR) is 117 cm³/mol. The number of amides is 1. The molecule has 0 atom stereocenters. The summed E-state index contributed by atoms with van der Waals surface area (Å²) in [6.07, 6.45) is 3.67. The molecule has 1 saturated heterocycles. The van der Waals surface area contributed by atoms with Gasteiger partial charge in [0.05, 0.1) is 11.4 Å². The zero-order valence-electron chi connectivity index (χ0n) is 17.5. The zero-order chi connectivity index (χ0) is 21.3. The molecule has 2 aromatic rings. The molecule has 2 fully saturated rings. The van der Waals surface area contributed by atoms with Gasteiger partial charge in [-0.25, -0.2) is 9.97 Å². The molecule has 3 N–H and O–H groups in total. The minimum atomic E-state index is -0.0691. The van der Waals surface area contributed by atoms with Crippen LogP contribution in [0, 0.1) is 0 Å². The molecule has 0 radical (unpaired) electrons. The summed E-state index contributed by atoms with van der Waals surface area (Å²) in [5.74, 6) is 7.46. The molecule has 0 unspecified atom stereocenters. The number of nitrogen functional groups attached to an aromatic ring is 1. The number of nitrogens with two attached hydrogens (primary N) is 1. The van der Waals surface area contributed by atoms with Crippen LogP contribution in [0.4, 0.5) is 11.5 Å². The van der Waals surface area contributed by atoms with Crippen molar-refractivity contribution in [2.75, 3.05) is 36.5 Å². The number of hydrogen-bond acceptors (Lipinski definition) is 7. The van der Waals surface area contributed by atoms with Crippen LogP contribution in [0.5, 0.6) is 5.75 Å². The number of hydrogen-bond donors (Lipinski definition) is 2. The van der Waals surface area contributed by atoms with E-state index < -0.39 is 0 Å². The fraction of sp³-hybridized carbons (Fsp3) is 0.409. The van der Waals surface area contributed by atoms with Crippen LogP contribution in [-0.2, 0) is 4.79 Å². The monoisotopic (exact) mass is 408 g/mol. The van der Waals surface area contributed by atoms with E-state index in [2.05, 4.69) is 33.8 Å². The van der Waals surface area contributed by atoms with Crippen molar-refractivity contribution in [1.82, 2.24) is 14.9 Å². The van der Waals surface area contributed by atoms with Crippen LogP contribution in [-0.4, -0.2) is 52.6 Å². The maximum atomic E-state index is 11.6. The number of nitrogens with zero attached hydrogens (tertiary/aromatic N) is 4. The average molecular weight is 409 g/mol. The van der Waals surface area contributed by atoms with Crippen LogP contribution >= 0.6 is 0 Å². The van der Waals surface area contributed by atoms with E-state index in [1.54, 1.807) is 13.3 Å². The van der Waals surface area contributed by atoms with Gasteiger partial charge < -0.3 is 20.0 Å². The van der Waals surface area contributed by atoms with Gasteiger partial charge in [0.1, 0.15) is 23.5 Å². The Morgan fingerprint density at radius 1 is 1.20 bits per heavy atom. The number of benzene rings is 1. The van der Waals surface area contributed by atoms with E-state index in [9.17, 15) is 4.79 Å². The van der Waals surface area contributed by atoms with Crippen molar-refractivity contribution in [3.63, 3.8) is 0 Å². The minimum Gasteiger partial charge on any atom is -0.488 e. The van der Waals surface area contributed by atoms with Gasteiger partial charge >= 0.3 is 0 Å². The molecule has 8 nitrogen and oxygen atoms in total. The van der Waals surface area contributed by atoms with Crippen LogP contribution < -0.4 is 20.9 Å². The minimum absolute atomic E-state index is 0.0691. The second-order valence-electron chi connectivity index (χ2n) is 8.14. The number of rotatable bonds is 6. The average Bonchev–Trinajstić information content (AvgIpc) is 3.49. The first kappa shape index (κ1) is 20.2. The van der Waals surface area contributed by atoms with E-state index in [-0.39, 0.29) is 11.5 Å². The number of piperazine rings is 1. The van der Waals surface area contributed by atoms with Crippen molar-refractivity contribution in [1.29, 1.82) is 0 Å². The lowest BCUT2D eigenvalue weighted by Gasteiger charge is -2.34. The summed E-state index contributed by atoms with van der Waals surface area (Å²) in [6.45, 7) is 10.8. The molecular weight excluding hydrogens is 380 g/mol. The van der Waals surface area contributed by atoms with Gasteiger partial charge in [0.15, 0.2) is 0 Å². The maximum absolute atomic E-state index is 11.6. The Morgan fingerprint density at radius 2 is 1.93 bits per heavy atom. The van der Waals surface area contributed by atoms with Gasteiger partial charge in [-0.15, -0.1) is 0 Å². The van der Waals surface area contributed by atoms with E-state index in [0.717, 1.165) is 60.0 Å². The summed E-state index contributed by atoms with van der Waals surface area (Å²) in [6, 6.07) is 7.69. The third-order valence-corrected chi connectivity index (χ3v) is 5.80. The largest absolute Gasteiger partial charge is 0.488 e. The molecule has 2 heterocycles. The lowest BCUT2D eigenvalue weighted by Crippen LogP contribution is -2.48. The van der Waals surface area contributed by atoms with Crippen LogP contribution in [0.25, 0.3) is 5.57 Å². The molecular formula is C22H28N6O2. The molecule has 0 bridgehead atoms. The first-order chi connectivity index (χ1) is 14.4. The fourth-order valence-corrected chi connectivity index (χ4v) is 3.60. The van der Waals surface area contributed by atoms with E-state index in [4.69, 9.17) is 10.6 Å². The second-order valence-corrected chi connectivity index (χ2v) is 8.14. The Hall–Kier alpha value is -3.13. The summed E-state index contributed by atoms with van der Waals surface area (Å²) >= 11 is 0. The number of carbonyl (C=O) groups excluding carboxylic acids is 1. The number of carbonyl (C=O) groups is 1. The molecule has 30 heavy (non-hydrogen) atoms. The molecule has 1 aliphatic heterocycles. The Balaban J connectivity index is 1.56. The Labute approximate surface area is 176 Å². The highest BCUT2D eigenvalue weighted by Crippen LogP contribution is 2.41. The van der Waals surface area contributed by atoms with Gasteiger partial charge in [-0.2, -0.15) is 0 Å². The van der Waals surface area contributed by atoms with Crippen LogP contribution in [0.15, 0.2) is 37.2 Å². The standard InChI is InChI=1S/C22H28N6O2/c1-15(18-12-17(4-5-19(18)26-23)30-22(3)6-7-22)20-13-21(25-14-24-20)28-10-8-27(9-11-28)16(2)29/h4-5,12-14,26H,1,6-11,23H2,2-3H3. The molecule has 1 saturated carbocycles. The molecule has 1 aromatic heterocycles. The third-order valence-electron chi connectivity index (χ3n) is 5.80. The van der Waals surface area contributed by atoms with Gasteiger partial charge in [-0.05, 0) is 38.0 Å². The Kier molecular flexibility index (Phi) is 5.34. The maximum Gasteiger partial charge on any atom is 0.219 e. The Morgan fingerprint density at radius 3 is 2.57 bits per heavy atom. The van der Waals surface area contributed by atoms with Crippen molar-refractivity contribution < 1.29 is 9.53 Å². The highest BCUT2D eigenvalue weighted by Gasteiger charge is 2.40. The van der Waals surface area contributed by atoms with Gasteiger partial charge in [0.25, 0.3) is 0 Å². The summed E-state index contributed by atoms with van der Waals surface area (Å²) in [4.78, 5) is 24.4. The number of anilines is 2. The molecule has 1 aliphatic carbocycles. The first-order valence-corrected chi connectivity index (χ1v) is 10.2. The molecule has 1 amide bonds. The molecule has 0 spiro atoms. The molecule has 8 heteroatoms. The van der Waals surface area contributed by atoms with Crippen LogP contribution in [0.1, 0.15) is 37.9 Å². The van der Waals surface area contributed by atoms with Crippen molar-refractivity contribution in [3.05, 3.63) is 48.4 Å². The van der Waals surface area contributed by atoms with Gasteiger partial charge in [0, 0.05) is 50.3 Å². The molecule has 4 rings (SSSR count). The van der Waals surface area contributed by atoms with E-state index in [0.29, 0.717) is 13.1 Å². The predicted octanol–water partition coefficient (Wildman–Crippen LogP) is 2.42. The van der Waals surface area contributed by atoms with Crippen molar-refractivity contribution >= 4 is 23.0 Å². The Bertz CT molecular complexity index is 964. The summed E-state index contributed by atoms with van der Waals surface area (Å²) in [5, 5.41) is 0. The summed E-state index contributed by atoms with van der Waals surface area (Å²) in [7, 11) is 0. The lowest BCUT2D eigenvalue weighted by molar-refractivity contribution is -0.129. The number of ether oxygens (including phenoxy) is 1. The first-order valence-electron chi connectivity index (χ1n) is 10.2. The van der Waals surface area contributed by atoms with Crippen molar-refractivity contribution in [2.24, 2.45) is 5.84 Å². The summed E-state index contributed by atoms with van der Waals surface area (Å²) in [5.41, 5.74) is 5.72. The van der Waals surface area contributed by atoms with E-state index in [1.807, 2.05) is 29.2 Å². The number of nitrogens with one attached hydrogen (secondary N) is 1. The fourth-order valence-electron chi connectivity index (χ4n) is 3.60.